The van der Waals surface area contributed by atoms with Crippen LogP contribution in [0.1, 0.15) is 9.67 Å². The summed E-state index contributed by atoms with van der Waals surface area (Å²) in [6.07, 6.45) is 0. The summed E-state index contributed by atoms with van der Waals surface area (Å²) < 4.78 is 12.0. The van der Waals surface area contributed by atoms with Crippen LogP contribution in [0, 0.1) is 0 Å². The largest absolute Gasteiger partial charge is 0.497 e. The van der Waals surface area contributed by atoms with Crippen LogP contribution in [0.3, 0.4) is 0 Å². The van der Waals surface area contributed by atoms with Gasteiger partial charge < -0.3 is 14.5 Å². The minimum absolute atomic E-state index is 0.293. The highest BCUT2D eigenvalue weighted by Crippen LogP contribution is 2.37. The number of carbonyl (C=O) groups excluding carboxylic acids is 1. The fraction of sp³-hybridized carbons (Fsp3) is 0.0435. The lowest BCUT2D eigenvalue weighted by molar-refractivity contribution is 0.103. The number of methoxy groups -OCH3 is 1. The second-order valence-corrected chi connectivity index (χ2v) is 8.64. The molecule has 3 aromatic carbocycles. The average Bonchev–Trinajstić information content (AvgIpc) is 3.34. The van der Waals surface area contributed by atoms with Crippen molar-refractivity contribution in [3.05, 3.63) is 75.6 Å². The number of anilines is 1. The summed E-state index contributed by atoms with van der Waals surface area (Å²) in [6.45, 7) is 0. The Kier molecular flexibility index (Phi) is 5.06. The highest BCUT2D eigenvalue weighted by Gasteiger charge is 2.18. The third-order valence-corrected chi connectivity index (χ3v) is 6.65. The minimum atomic E-state index is -0.293. The maximum atomic E-state index is 12.8. The molecule has 0 saturated heterocycles. The fourth-order valence-electron chi connectivity index (χ4n) is 3.26. The second-order valence-electron chi connectivity index (χ2n) is 6.77. The molecule has 0 aliphatic rings. The molecule has 0 aliphatic heterocycles. The summed E-state index contributed by atoms with van der Waals surface area (Å²) in [5.41, 5.74) is 2.64. The molecule has 5 rings (SSSR count). The Morgan fingerprint density at radius 3 is 2.81 bits per heavy atom. The van der Waals surface area contributed by atoms with E-state index in [1.54, 1.807) is 37.4 Å². The van der Waals surface area contributed by atoms with Gasteiger partial charge in [-0.15, -0.1) is 11.3 Å². The van der Waals surface area contributed by atoms with E-state index in [2.05, 4.69) is 10.3 Å². The van der Waals surface area contributed by atoms with Crippen LogP contribution in [0.15, 0.2) is 65.1 Å². The van der Waals surface area contributed by atoms with Crippen molar-refractivity contribution in [2.45, 2.75) is 0 Å². The molecule has 0 bridgehead atoms. The van der Waals surface area contributed by atoms with Crippen molar-refractivity contribution in [3.8, 4) is 17.2 Å². The van der Waals surface area contributed by atoms with E-state index in [0.29, 0.717) is 43.3 Å². The smallest absolute Gasteiger partial charge is 0.267 e. The van der Waals surface area contributed by atoms with E-state index in [9.17, 15) is 4.79 Å². The zero-order valence-corrected chi connectivity index (χ0v) is 18.4. The molecule has 8 heteroatoms. The Morgan fingerprint density at radius 1 is 1.10 bits per heavy atom. The normalized spacial score (nSPS) is 11.2. The highest BCUT2D eigenvalue weighted by atomic mass is 35.5. The number of oxazole rings is 1. The molecule has 0 saturated carbocycles. The minimum Gasteiger partial charge on any atom is -0.497 e. The monoisotopic (exact) mass is 468 g/mol. The summed E-state index contributed by atoms with van der Waals surface area (Å²) in [5, 5.41) is 4.70. The molecule has 0 unspecified atom stereocenters. The Balaban J connectivity index is 1.44. The van der Waals surface area contributed by atoms with E-state index in [0.717, 1.165) is 15.6 Å². The summed E-state index contributed by atoms with van der Waals surface area (Å²) in [4.78, 5) is 17.8. The molecular weight excluding hydrogens is 455 g/mol. The van der Waals surface area contributed by atoms with Crippen molar-refractivity contribution in [3.63, 3.8) is 0 Å². The van der Waals surface area contributed by atoms with E-state index in [-0.39, 0.29) is 5.91 Å². The van der Waals surface area contributed by atoms with Gasteiger partial charge in [0.2, 0.25) is 5.89 Å². The summed E-state index contributed by atoms with van der Waals surface area (Å²) in [6, 6.07) is 18.1. The quantitative estimate of drug-likeness (QED) is 0.301. The van der Waals surface area contributed by atoms with Crippen LogP contribution < -0.4 is 10.1 Å². The number of ether oxygens (including phenoxy) is 1. The molecule has 2 heterocycles. The Bertz CT molecular complexity index is 1460. The molecule has 31 heavy (non-hydrogen) atoms. The summed E-state index contributed by atoms with van der Waals surface area (Å²) >= 11 is 13.8. The number of thiophene rings is 1. The molecule has 154 valence electrons. The molecule has 0 fully saturated rings. The number of benzene rings is 3. The van der Waals surface area contributed by atoms with Gasteiger partial charge in [0.15, 0.2) is 5.58 Å². The van der Waals surface area contributed by atoms with Crippen LogP contribution in [0.4, 0.5) is 5.69 Å². The van der Waals surface area contributed by atoms with Gasteiger partial charge in [-0.3, -0.25) is 4.79 Å². The van der Waals surface area contributed by atoms with Crippen LogP contribution >= 0.6 is 34.5 Å². The SMILES string of the molecule is COc1cccc(-c2nc3cc(NC(=O)c4sc5cc(Cl)ccc5c4Cl)ccc3o2)c1. The lowest BCUT2D eigenvalue weighted by Crippen LogP contribution is -2.10. The van der Waals surface area contributed by atoms with Crippen LogP contribution in [0.2, 0.25) is 10.0 Å². The first-order valence-electron chi connectivity index (χ1n) is 9.26. The zero-order valence-electron chi connectivity index (χ0n) is 16.1. The number of aromatic nitrogens is 1. The Morgan fingerprint density at radius 2 is 1.97 bits per heavy atom. The average molecular weight is 469 g/mol. The number of fused-ring (bicyclic) bond motifs is 2. The third kappa shape index (κ3) is 3.74. The molecule has 2 aromatic heterocycles. The molecule has 1 amide bonds. The van der Waals surface area contributed by atoms with Gasteiger partial charge in [-0.1, -0.05) is 35.3 Å². The molecule has 0 radical (unpaired) electrons. The Labute approximate surface area is 191 Å². The van der Waals surface area contributed by atoms with Crippen molar-refractivity contribution in [2.75, 3.05) is 12.4 Å². The van der Waals surface area contributed by atoms with Gasteiger partial charge in [0.25, 0.3) is 5.91 Å². The van der Waals surface area contributed by atoms with E-state index in [1.165, 1.54) is 11.3 Å². The molecular formula is C23H14Cl2N2O3S. The van der Waals surface area contributed by atoms with E-state index < -0.39 is 0 Å². The molecule has 1 N–H and O–H groups in total. The molecule has 0 atom stereocenters. The predicted octanol–water partition coefficient (Wildman–Crippen LogP) is 7.28. The van der Waals surface area contributed by atoms with Crippen molar-refractivity contribution >= 4 is 67.3 Å². The topological polar surface area (TPSA) is 64.4 Å². The zero-order chi connectivity index (χ0) is 21.5. The van der Waals surface area contributed by atoms with Gasteiger partial charge in [-0.2, -0.15) is 0 Å². The molecule has 5 nitrogen and oxygen atoms in total. The molecule has 0 aliphatic carbocycles. The van der Waals surface area contributed by atoms with Crippen molar-refractivity contribution in [1.29, 1.82) is 0 Å². The van der Waals surface area contributed by atoms with Gasteiger partial charge in [0, 0.05) is 26.4 Å². The van der Waals surface area contributed by atoms with Gasteiger partial charge >= 0.3 is 0 Å². The maximum absolute atomic E-state index is 12.8. The number of carbonyl (C=O) groups is 1. The number of rotatable bonds is 4. The predicted molar refractivity (Wildman–Crippen MR) is 126 cm³/mol. The summed E-state index contributed by atoms with van der Waals surface area (Å²) in [5.74, 6) is 0.897. The lowest BCUT2D eigenvalue weighted by atomic mass is 10.2. The van der Waals surface area contributed by atoms with Gasteiger partial charge in [0.05, 0.1) is 12.1 Å². The van der Waals surface area contributed by atoms with Crippen LogP contribution in [-0.2, 0) is 0 Å². The van der Waals surface area contributed by atoms with Crippen LogP contribution in [0.5, 0.6) is 5.75 Å². The standard InChI is InChI=1S/C23H14Cl2N2O3S/c1-29-15-4-2-3-12(9-15)23-27-17-11-14(6-8-18(17)30-23)26-22(28)21-20(25)16-7-5-13(24)10-19(16)31-21/h2-11H,1H3,(H,26,28). The first kappa shape index (κ1) is 19.9. The lowest BCUT2D eigenvalue weighted by Gasteiger charge is -2.03. The van der Waals surface area contributed by atoms with Gasteiger partial charge in [0.1, 0.15) is 16.1 Å². The fourth-order valence-corrected chi connectivity index (χ4v) is 4.95. The first-order chi connectivity index (χ1) is 15.0. The van der Waals surface area contributed by atoms with Crippen LogP contribution in [-0.4, -0.2) is 18.0 Å². The number of hydrogen-bond donors (Lipinski definition) is 1. The van der Waals surface area contributed by atoms with Gasteiger partial charge in [-0.25, -0.2) is 4.98 Å². The first-order valence-corrected chi connectivity index (χ1v) is 10.8. The third-order valence-electron chi connectivity index (χ3n) is 4.76. The van der Waals surface area contributed by atoms with Crippen molar-refractivity contribution in [1.82, 2.24) is 4.98 Å². The summed E-state index contributed by atoms with van der Waals surface area (Å²) in [7, 11) is 1.61. The number of amides is 1. The van der Waals surface area contributed by atoms with Crippen molar-refractivity contribution in [2.24, 2.45) is 0 Å². The van der Waals surface area contributed by atoms with Gasteiger partial charge in [-0.05, 0) is 48.5 Å². The molecule has 5 aromatic rings. The number of nitrogens with one attached hydrogen (secondary N) is 1. The number of hydrogen-bond acceptors (Lipinski definition) is 5. The highest BCUT2D eigenvalue weighted by molar-refractivity contribution is 7.21. The second kappa shape index (κ2) is 7.89. The maximum Gasteiger partial charge on any atom is 0.267 e. The van der Waals surface area contributed by atoms with E-state index in [4.69, 9.17) is 32.4 Å². The number of nitrogens with zero attached hydrogens (tertiary/aromatic N) is 1. The van der Waals surface area contributed by atoms with Crippen LogP contribution in [0.25, 0.3) is 32.6 Å². The Hall–Kier alpha value is -3.06. The van der Waals surface area contributed by atoms with Crippen molar-refractivity contribution < 1.29 is 13.9 Å². The molecule has 0 spiro atoms. The van der Waals surface area contributed by atoms with E-state index in [1.807, 2.05) is 30.3 Å². The van der Waals surface area contributed by atoms with E-state index >= 15 is 0 Å². The number of halogens is 2.